The highest BCUT2D eigenvalue weighted by Crippen LogP contribution is 2.26. The predicted octanol–water partition coefficient (Wildman–Crippen LogP) is 4.85. The molecule has 7 rings (SSSR count). The molecule has 0 aliphatic carbocycles. The van der Waals surface area contributed by atoms with E-state index in [1.807, 2.05) is 4.31 Å². The van der Waals surface area contributed by atoms with Crippen molar-refractivity contribution in [2.75, 3.05) is 26.3 Å². The molecule has 1 fully saturated rings. The number of aromatic nitrogens is 3. The van der Waals surface area contributed by atoms with Crippen molar-refractivity contribution in [1.29, 1.82) is 0 Å². The second-order valence-corrected chi connectivity index (χ2v) is 13.2. The predicted molar refractivity (Wildman–Crippen MR) is 181 cm³/mol. The maximum absolute atomic E-state index is 14.4. The molecule has 4 aromatic carbocycles. The molecule has 0 radical (unpaired) electrons. The topological polar surface area (TPSA) is 130 Å². The summed E-state index contributed by atoms with van der Waals surface area (Å²) in [4.78, 5) is 36.4. The van der Waals surface area contributed by atoms with Crippen LogP contribution in [0.3, 0.4) is 0 Å². The number of carbonyl (C=O) groups excluding carboxylic acids is 1. The van der Waals surface area contributed by atoms with Crippen molar-refractivity contribution in [3.05, 3.63) is 130 Å². The van der Waals surface area contributed by atoms with Crippen LogP contribution in [-0.4, -0.2) is 60.4 Å². The summed E-state index contributed by atoms with van der Waals surface area (Å²) < 4.78 is 50.6. The third-order valence-electron chi connectivity index (χ3n) is 8.41. The van der Waals surface area contributed by atoms with Crippen molar-refractivity contribution in [3.8, 4) is 11.4 Å². The van der Waals surface area contributed by atoms with Gasteiger partial charge in [-0.3, -0.25) is 14.2 Å². The lowest BCUT2D eigenvalue weighted by molar-refractivity contribution is -0.121. The van der Waals surface area contributed by atoms with Gasteiger partial charge in [-0.25, -0.2) is 22.3 Å². The van der Waals surface area contributed by atoms with Crippen LogP contribution < -0.4 is 10.9 Å². The fraction of sp³-hybridized carbons (Fsp3) is 0.194. The van der Waals surface area contributed by atoms with Gasteiger partial charge < -0.3 is 20.1 Å². The van der Waals surface area contributed by atoms with E-state index in [1.165, 1.54) is 22.8 Å². The van der Waals surface area contributed by atoms with Gasteiger partial charge in [0.1, 0.15) is 34.2 Å². The minimum atomic E-state index is -1.44. The van der Waals surface area contributed by atoms with E-state index in [-0.39, 0.29) is 30.0 Å². The molecule has 2 aromatic heterocycles. The summed E-state index contributed by atoms with van der Waals surface area (Å²) >= 11 is 0. The Morgan fingerprint density at radius 2 is 1.71 bits per heavy atom. The molecule has 1 unspecified atom stereocenters. The number of aromatic amines is 1. The molecule has 0 spiro atoms. The number of ether oxygens (including phenoxy) is 1. The van der Waals surface area contributed by atoms with E-state index in [0.29, 0.717) is 58.7 Å². The van der Waals surface area contributed by atoms with Crippen molar-refractivity contribution in [3.63, 3.8) is 0 Å². The van der Waals surface area contributed by atoms with Crippen molar-refractivity contribution < 1.29 is 27.6 Å². The SMILES string of the molecule is O=C(Cc1c[nH]c2ccc(O)cc12)N[C@@H](Cc1cc(F)cc(F)c1)c1nc2ccccc2c(=O)n1-c1ccc(S(=O)N2CCOCC2)cc1. The van der Waals surface area contributed by atoms with Gasteiger partial charge in [0.25, 0.3) is 5.56 Å². The van der Waals surface area contributed by atoms with Gasteiger partial charge in [0.2, 0.25) is 5.91 Å². The van der Waals surface area contributed by atoms with E-state index in [1.54, 1.807) is 66.9 Å². The Morgan fingerprint density at radius 1 is 0.980 bits per heavy atom. The van der Waals surface area contributed by atoms with Crippen LogP contribution >= 0.6 is 0 Å². The molecule has 6 aromatic rings. The normalized spacial score (nSPS) is 15.0. The maximum atomic E-state index is 14.4. The number of amides is 1. The first-order valence-electron chi connectivity index (χ1n) is 15.6. The number of carbonyl (C=O) groups is 1. The number of H-pyrrole nitrogens is 1. The number of fused-ring (bicyclic) bond motifs is 2. The molecule has 0 saturated carbocycles. The molecule has 3 N–H and O–H groups in total. The molecule has 0 bridgehead atoms. The summed E-state index contributed by atoms with van der Waals surface area (Å²) in [5, 5.41) is 14.0. The van der Waals surface area contributed by atoms with Crippen LogP contribution in [0.15, 0.2) is 101 Å². The molecule has 1 aliphatic rings. The molecule has 250 valence electrons. The highest BCUT2D eigenvalue weighted by molar-refractivity contribution is 7.82. The fourth-order valence-corrected chi connectivity index (χ4v) is 7.26. The Bertz CT molecular complexity index is 2250. The monoisotopic (exact) mass is 683 g/mol. The van der Waals surface area contributed by atoms with Gasteiger partial charge in [0, 0.05) is 42.7 Å². The summed E-state index contributed by atoms with van der Waals surface area (Å²) in [7, 11) is -1.44. The summed E-state index contributed by atoms with van der Waals surface area (Å²) in [6.07, 6.45) is 1.48. The Morgan fingerprint density at radius 3 is 2.47 bits per heavy atom. The van der Waals surface area contributed by atoms with E-state index in [0.717, 1.165) is 11.6 Å². The standard InChI is InChI=1S/C36H31F2N5O5S/c37-24-15-22(16-25(38)19-24)17-33(40-34(45)18-23-21-39-31-10-7-27(44)20-30(23)31)35-41-32-4-2-1-3-29(32)36(46)43(35)26-5-8-28(9-6-26)49(47)42-11-13-48-14-12-42/h1-10,15-16,19-21,33,39,44H,11-14,17-18H2,(H,40,45)/t33-,49?/m0/s1. The number of aromatic hydroxyl groups is 1. The van der Waals surface area contributed by atoms with Crippen LogP contribution in [0, 0.1) is 11.6 Å². The molecular weight excluding hydrogens is 652 g/mol. The Hall–Kier alpha value is -5.24. The third kappa shape index (κ3) is 6.86. The molecule has 3 heterocycles. The van der Waals surface area contributed by atoms with Crippen LogP contribution in [0.4, 0.5) is 8.78 Å². The van der Waals surface area contributed by atoms with E-state index in [9.17, 15) is 27.7 Å². The van der Waals surface area contributed by atoms with Crippen molar-refractivity contribution in [2.24, 2.45) is 0 Å². The van der Waals surface area contributed by atoms with E-state index < -0.39 is 40.1 Å². The summed E-state index contributed by atoms with van der Waals surface area (Å²) in [5.74, 6) is -1.83. The number of hydrogen-bond acceptors (Lipinski definition) is 6. The number of hydrogen-bond donors (Lipinski definition) is 3. The first kappa shape index (κ1) is 32.3. The first-order chi connectivity index (χ1) is 23.7. The van der Waals surface area contributed by atoms with E-state index in [2.05, 4.69) is 10.3 Å². The molecule has 49 heavy (non-hydrogen) atoms. The summed E-state index contributed by atoms with van der Waals surface area (Å²) in [6.45, 7) is 2.01. The van der Waals surface area contributed by atoms with Crippen molar-refractivity contribution in [1.82, 2.24) is 24.2 Å². The Kier molecular flexibility index (Phi) is 9.04. The van der Waals surface area contributed by atoms with Gasteiger partial charge in [-0.05, 0) is 77.9 Å². The maximum Gasteiger partial charge on any atom is 0.266 e. The van der Waals surface area contributed by atoms with Crippen LogP contribution in [0.5, 0.6) is 5.75 Å². The largest absolute Gasteiger partial charge is 0.508 e. The lowest BCUT2D eigenvalue weighted by Crippen LogP contribution is -2.37. The number of benzene rings is 4. The summed E-state index contributed by atoms with van der Waals surface area (Å²) in [6, 6.07) is 20.3. The number of morpholine rings is 1. The lowest BCUT2D eigenvalue weighted by atomic mass is 10.0. The number of para-hydroxylation sites is 1. The van der Waals surface area contributed by atoms with Crippen molar-refractivity contribution in [2.45, 2.75) is 23.8 Å². The lowest BCUT2D eigenvalue weighted by Gasteiger charge is -2.25. The molecule has 1 saturated heterocycles. The zero-order valence-corrected chi connectivity index (χ0v) is 26.9. The molecule has 13 heteroatoms. The Labute approximate surface area is 281 Å². The number of phenolic OH excluding ortho intramolecular Hbond substituents is 1. The van der Waals surface area contributed by atoms with Gasteiger partial charge >= 0.3 is 0 Å². The van der Waals surface area contributed by atoms with Crippen LogP contribution in [-0.2, 0) is 33.4 Å². The third-order valence-corrected chi connectivity index (χ3v) is 9.92. The Balaban J connectivity index is 1.31. The zero-order valence-electron chi connectivity index (χ0n) is 26.1. The van der Waals surface area contributed by atoms with Crippen LogP contribution in [0.25, 0.3) is 27.5 Å². The fourth-order valence-electron chi connectivity index (χ4n) is 6.11. The van der Waals surface area contributed by atoms with E-state index in [4.69, 9.17) is 9.72 Å². The van der Waals surface area contributed by atoms with Gasteiger partial charge in [-0.2, -0.15) is 0 Å². The number of halogens is 2. The van der Waals surface area contributed by atoms with Gasteiger partial charge in [0.05, 0.1) is 47.2 Å². The average Bonchev–Trinajstić information content (AvgIpc) is 3.48. The van der Waals surface area contributed by atoms with Crippen LogP contribution in [0.1, 0.15) is 23.0 Å². The molecule has 1 aliphatic heterocycles. The highest BCUT2D eigenvalue weighted by Gasteiger charge is 2.25. The quantitative estimate of drug-likeness (QED) is 0.200. The minimum Gasteiger partial charge on any atom is -0.508 e. The summed E-state index contributed by atoms with van der Waals surface area (Å²) in [5.41, 5.74) is 1.95. The van der Waals surface area contributed by atoms with Gasteiger partial charge in [0.15, 0.2) is 0 Å². The first-order valence-corrected chi connectivity index (χ1v) is 16.7. The number of nitrogens with zero attached hydrogens (tertiary/aromatic N) is 3. The molecular formula is C36H31F2N5O5S. The van der Waals surface area contributed by atoms with Gasteiger partial charge in [-0.1, -0.05) is 12.1 Å². The van der Waals surface area contributed by atoms with Crippen LogP contribution in [0.2, 0.25) is 0 Å². The highest BCUT2D eigenvalue weighted by atomic mass is 32.2. The molecule has 1 amide bonds. The number of rotatable bonds is 9. The second kappa shape index (κ2) is 13.7. The zero-order chi connectivity index (χ0) is 34.1. The molecule has 2 atom stereocenters. The second-order valence-electron chi connectivity index (χ2n) is 11.7. The van der Waals surface area contributed by atoms with Gasteiger partial charge in [-0.15, -0.1) is 0 Å². The van der Waals surface area contributed by atoms with Crippen molar-refractivity contribution >= 4 is 38.7 Å². The van der Waals surface area contributed by atoms with E-state index >= 15 is 0 Å². The molecule has 10 nitrogen and oxygen atoms in total. The average molecular weight is 684 g/mol. The smallest absolute Gasteiger partial charge is 0.266 e. The number of nitrogens with one attached hydrogen (secondary N) is 2. The minimum absolute atomic E-state index is 0.0453. The number of phenols is 1.